The average molecular weight is 291 g/mol. The minimum atomic E-state index is -0.0378. The Hall–Kier alpha value is -0.580. The number of carbonyl (C=O) groups excluding carboxylic acids is 1. The summed E-state index contributed by atoms with van der Waals surface area (Å²) in [6.07, 6.45) is 0. The molecule has 1 aliphatic rings. The highest BCUT2D eigenvalue weighted by atomic mass is 79.9. The van der Waals surface area contributed by atoms with Crippen molar-refractivity contribution < 1.29 is 9.53 Å². The molecule has 15 heavy (non-hydrogen) atoms. The van der Waals surface area contributed by atoms with Crippen LogP contribution in [0.2, 0.25) is 5.02 Å². The second kappa shape index (κ2) is 4.51. The summed E-state index contributed by atoms with van der Waals surface area (Å²) in [6.45, 7) is 1.27. The van der Waals surface area contributed by atoms with Crippen molar-refractivity contribution in [2.45, 2.75) is 0 Å². The van der Waals surface area contributed by atoms with Gasteiger partial charge in [0.25, 0.3) is 5.91 Å². The van der Waals surface area contributed by atoms with Crippen LogP contribution in [0.25, 0.3) is 0 Å². The quantitative estimate of drug-likeness (QED) is 0.795. The van der Waals surface area contributed by atoms with E-state index in [0.717, 1.165) is 10.2 Å². The maximum absolute atomic E-state index is 11.6. The summed E-state index contributed by atoms with van der Waals surface area (Å²) in [5.74, 6) is -0.0378. The monoisotopic (exact) mass is 289 g/mol. The minimum Gasteiger partial charge on any atom is -0.370 e. The number of nitrogens with zero attached hydrogens (tertiary/aromatic N) is 1. The molecule has 2 rings (SSSR count). The zero-order valence-electron chi connectivity index (χ0n) is 7.87. The van der Waals surface area contributed by atoms with Crippen molar-refractivity contribution in [1.29, 1.82) is 0 Å². The van der Waals surface area contributed by atoms with Gasteiger partial charge in [-0.3, -0.25) is 4.79 Å². The van der Waals surface area contributed by atoms with Crippen molar-refractivity contribution in [2.75, 3.05) is 24.7 Å². The highest BCUT2D eigenvalue weighted by Gasteiger charge is 2.21. The summed E-state index contributed by atoms with van der Waals surface area (Å²) in [6, 6.07) is 5.38. The minimum absolute atomic E-state index is 0.0378. The van der Waals surface area contributed by atoms with Crippen LogP contribution in [-0.2, 0) is 9.53 Å². The molecule has 0 spiro atoms. The lowest BCUT2D eigenvalue weighted by atomic mass is 10.2. The van der Waals surface area contributed by atoms with Crippen molar-refractivity contribution in [1.82, 2.24) is 0 Å². The van der Waals surface area contributed by atoms with Gasteiger partial charge in [-0.1, -0.05) is 11.6 Å². The molecule has 0 aromatic heterocycles. The van der Waals surface area contributed by atoms with E-state index in [1.54, 1.807) is 17.0 Å². The summed E-state index contributed by atoms with van der Waals surface area (Å²) in [5, 5.41) is 0.618. The van der Waals surface area contributed by atoms with E-state index in [-0.39, 0.29) is 12.5 Å². The van der Waals surface area contributed by atoms with Gasteiger partial charge < -0.3 is 9.64 Å². The zero-order valence-corrected chi connectivity index (χ0v) is 10.2. The Bertz CT molecular complexity index is 397. The second-order valence-electron chi connectivity index (χ2n) is 3.19. The summed E-state index contributed by atoms with van der Waals surface area (Å²) in [5.41, 5.74) is 0.802. The number of ether oxygens (including phenoxy) is 1. The Morgan fingerprint density at radius 3 is 3.00 bits per heavy atom. The first-order valence-electron chi connectivity index (χ1n) is 4.51. The molecule has 80 valence electrons. The van der Waals surface area contributed by atoms with E-state index in [4.69, 9.17) is 16.3 Å². The van der Waals surface area contributed by atoms with Gasteiger partial charge in [-0.2, -0.15) is 0 Å². The van der Waals surface area contributed by atoms with Crippen LogP contribution in [0.3, 0.4) is 0 Å². The third-order valence-electron chi connectivity index (χ3n) is 2.18. The Morgan fingerprint density at radius 2 is 2.27 bits per heavy atom. The van der Waals surface area contributed by atoms with Crippen LogP contribution in [0.4, 0.5) is 5.69 Å². The molecule has 0 saturated carbocycles. The van der Waals surface area contributed by atoms with E-state index in [9.17, 15) is 4.79 Å². The van der Waals surface area contributed by atoms with Crippen molar-refractivity contribution >= 4 is 39.1 Å². The van der Waals surface area contributed by atoms with Crippen molar-refractivity contribution in [3.05, 3.63) is 27.7 Å². The molecule has 1 heterocycles. The standard InChI is InChI=1S/C10H9BrClNO2/c11-8-2-1-7(12)5-9(8)13-3-4-15-6-10(13)14/h1-2,5H,3-4,6H2. The second-order valence-corrected chi connectivity index (χ2v) is 4.48. The molecule has 1 aromatic rings. The molecular formula is C10H9BrClNO2. The SMILES string of the molecule is O=C1COCCN1c1cc(Cl)ccc1Br. The van der Waals surface area contributed by atoms with Crippen LogP contribution >= 0.6 is 27.5 Å². The predicted octanol–water partition coefficient (Wildman–Crippen LogP) is 2.47. The number of hydrogen-bond acceptors (Lipinski definition) is 2. The lowest BCUT2D eigenvalue weighted by molar-refractivity contribution is -0.125. The van der Waals surface area contributed by atoms with Gasteiger partial charge in [-0.05, 0) is 34.1 Å². The highest BCUT2D eigenvalue weighted by Crippen LogP contribution is 2.30. The van der Waals surface area contributed by atoms with Gasteiger partial charge >= 0.3 is 0 Å². The van der Waals surface area contributed by atoms with Gasteiger partial charge in [0.1, 0.15) is 6.61 Å². The molecule has 0 bridgehead atoms. The van der Waals surface area contributed by atoms with Crippen molar-refractivity contribution in [2.24, 2.45) is 0 Å². The summed E-state index contributed by atoms with van der Waals surface area (Å²) >= 11 is 9.29. The van der Waals surface area contributed by atoms with Gasteiger partial charge in [0.15, 0.2) is 0 Å². The number of morpholine rings is 1. The van der Waals surface area contributed by atoms with E-state index in [1.807, 2.05) is 6.07 Å². The van der Waals surface area contributed by atoms with Gasteiger partial charge in [-0.25, -0.2) is 0 Å². The molecule has 0 atom stereocenters. The summed E-state index contributed by atoms with van der Waals surface area (Å²) in [4.78, 5) is 13.3. The Labute approximate surface area is 101 Å². The Balaban J connectivity index is 2.34. The highest BCUT2D eigenvalue weighted by molar-refractivity contribution is 9.10. The van der Waals surface area contributed by atoms with Gasteiger partial charge in [0.2, 0.25) is 0 Å². The molecular weight excluding hydrogens is 281 g/mol. The van der Waals surface area contributed by atoms with Crippen molar-refractivity contribution in [3.63, 3.8) is 0 Å². The van der Waals surface area contributed by atoms with Crippen LogP contribution in [0.5, 0.6) is 0 Å². The van der Waals surface area contributed by atoms with E-state index in [0.29, 0.717) is 18.2 Å². The largest absolute Gasteiger partial charge is 0.370 e. The maximum Gasteiger partial charge on any atom is 0.253 e. The van der Waals surface area contributed by atoms with E-state index < -0.39 is 0 Å². The fourth-order valence-corrected chi connectivity index (χ4v) is 2.09. The molecule has 0 aliphatic carbocycles. The number of halogens is 2. The summed E-state index contributed by atoms with van der Waals surface area (Å²) < 4.78 is 5.93. The Kier molecular flexibility index (Phi) is 3.29. The summed E-state index contributed by atoms with van der Waals surface area (Å²) in [7, 11) is 0. The van der Waals surface area contributed by atoms with Crippen LogP contribution in [0.15, 0.2) is 22.7 Å². The topological polar surface area (TPSA) is 29.5 Å². The number of hydrogen-bond donors (Lipinski definition) is 0. The molecule has 1 amide bonds. The van der Waals surface area contributed by atoms with Crippen LogP contribution < -0.4 is 4.90 Å². The molecule has 1 saturated heterocycles. The third-order valence-corrected chi connectivity index (χ3v) is 3.09. The molecule has 3 nitrogen and oxygen atoms in total. The molecule has 0 radical (unpaired) electrons. The van der Waals surface area contributed by atoms with Crippen LogP contribution in [0.1, 0.15) is 0 Å². The normalized spacial score (nSPS) is 16.9. The Morgan fingerprint density at radius 1 is 1.47 bits per heavy atom. The smallest absolute Gasteiger partial charge is 0.253 e. The molecule has 0 unspecified atom stereocenters. The lowest BCUT2D eigenvalue weighted by Crippen LogP contribution is -2.41. The molecule has 5 heteroatoms. The first kappa shape index (κ1) is 10.9. The number of benzene rings is 1. The third kappa shape index (κ3) is 2.33. The predicted molar refractivity (Wildman–Crippen MR) is 62.3 cm³/mol. The molecule has 0 N–H and O–H groups in total. The van der Waals surface area contributed by atoms with E-state index >= 15 is 0 Å². The number of carbonyl (C=O) groups is 1. The van der Waals surface area contributed by atoms with Gasteiger partial charge in [0.05, 0.1) is 12.3 Å². The average Bonchev–Trinajstić information content (AvgIpc) is 2.23. The number of amides is 1. The fourth-order valence-electron chi connectivity index (χ4n) is 1.47. The van der Waals surface area contributed by atoms with Crippen LogP contribution in [-0.4, -0.2) is 25.7 Å². The first-order chi connectivity index (χ1) is 7.18. The van der Waals surface area contributed by atoms with E-state index in [1.165, 1.54) is 0 Å². The van der Waals surface area contributed by atoms with Gasteiger partial charge in [-0.15, -0.1) is 0 Å². The molecule has 1 fully saturated rings. The lowest BCUT2D eigenvalue weighted by Gasteiger charge is -2.27. The maximum atomic E-state index is 11.6. The van der Waals surface area contributed by atoms with E-state index in [2.05, 4.69) is 15.9 Å². The zero-order chi connectivity index (χ0) is 10.8. The first-order valence-corrected chi connectivity index (χ1v) is 5.69. The molecule has 1 aliphatic heterocycles. The number of anilines is 1. The number of rotatable bonds is 1. The fraction of sp³-hybridized carbons (Fsp3) is 0.300. The van der Waals surface area contributed by atoms with Gasteiger partial charge in [0, 0.05) is 16.0 Å². The molecule has 1 aromatic carbocycles. The van der Waals surface area contributed by atoms with Crippen molar-refractivity contribution in [3.8, 4) is 0 Å². The van der Waals surface area contributed by atoms with Crippen LogP contribution in [0, 0.1) is 0 Å².